The highest BCUT2D eigenvalue weighted by Crippen LogP contribution is 2.26. The van der Waals surface area contributed by atoms with Crippen molar-refractivity contribution in [3.63, 3.8) is 0 Å². The van der Waals surface area contributed by atoms with E-state index in [9.17, 15) is 14.7 Å². The standard InChI is InChI=1S/C20H31N5O3/c1-15-21-12-17(13-22-15)19(27)25-8-3-6-20(28,7-11-25)14-24-9-4-18(5-10-24)23-16(2)26/h12-13,18,28H,3-11,14H2,1-2H3,(H,23,26). The highest BCUT2D eigenvalue weighted by Gasteiger charge is 2.34. The molecule has 2 aliphatic heterocycles. The van der Waals surface area contributed by atoms with Crippen molar-refractivity contribution in [2.75, 3.05) is 32.7 Å². The number of nitrogens with one attached hydrogen (secondary N) is 1. The van der Waals surface area contributed by atoms with Crippen molar-refractivity contribution in [1.29, 1.82) is 0 Å². The van der Waals surface area contributed by atoms with Gasteiger partial charge in [-0.25, -0.2) is 9.97 Å². The Labute approximate surface area is 166 Å². The molecule has 3 rings (SSSR count). The van der Waals surface area contributed by atoms with Crippen molar-refractivity contribution in [2.45, 2.75) is 57.6 Å². The van der Waals surface area contributed by atoms with Gasteiger partial charge in [0.25, 0.3) is 5.91 Å². The minimum absolute atomic E-state index is 0.0181. The molecule has 2 N–H and O–H groups in total. The molecule has 0 bridgehead atoms. The third-order valence-electron chi connectivity index (χ3n) is 5.75. The molecule has 1 aromatic rings. The van der Waals surface area contributed by atoms with Gasteiger partial charge in [-0.15, -0.1) is 0 Å². The molecule has 28 heavy (non-hydrogen) atoms. The lowest BCUT2D eigenvalue weighted by molar-refractivity contribution is -0.120. The summed E-state index contributed by atoms with van der Waals surface area (Å²) in [6.07, 6.45) is 6.99. The van der Waals surface area contributed by atoms with E-state index in [-0.39, 0.29) is 17.9 Å². The second-order valence-electron chi connectivity index (χ2n) is 8.14. The Balaban J connectivity index is 1.52. The predicted molar refractivity (Wildman–Crippen MR) is 105 cm³/mol. The number of aromatic nitrogens is 2. The van der Waals surface area contributed by atoms with Crippen LogP contribution in [0.5, 0.6) is 0 Å². The second-order valence-corrected chi connectivity index (χ2v) is 8.14. The van der Waals surface area contributed by atoms with Gasteiger partial charge in [0.1, 0.15) is 5.82 Å². The number of carbonyl (C=O) groups is 2. The maximum atomic E-state index is 12.7. The molecule has 2 aliphatic rings. The minimum Gasteiger partial charge on any atom is -0.388 e. The Morgan fingerprint density at radius 2 is 1.86 bits per heavy atom. The molecular formula is C20H31N5O3. The van der Waals surface area contributed by atoms with Crippen molar-refractivity contribution in [3.05, 3.63) is 23.8 Å². The van der Waals surface area contributed by atoms with Crippen molar-refractivity contribution >= 4 is 11.8 Å². The lowest BCUT2D eigenvalue weighted by Gasteiger charge is -2.38. The van der Waals surface area contributed by atoms with Gasteiger partial charge in [-0.3, -0.25) is 9.59 Å². The summed E-state index contributed by atoms with van der Waals surface area (Å²) in [7, 11) is 0. The minimum atomic E-state index is -0.778. The van der Waals surface area contributed by atoms with E-state index in [4.69, 9.17) is 0 Å². The van der Waals surface area contributed by atoms with Crippen molar-refractivity contribution in [3.8, 4) is 0 Å². The van der Waals surface area contributed by atoms with Crippen LogP contribution in [0.25, 0.3) is 0 Å². The molecule has 8 heteroatoms. The summed E-state index contributed by atoms with van der Waals surface area (Å²) >= 11 is 0. The molecule has 0 spiro atoms. The van der Waals surface area contributed by atoms with Gasteiger partial charge >= 0.3 is 0 Å². The van der Waals surface area contributed by atoms with Gasteiger partial charge in [0.2, 0.25) is 5.91 Å². The number of piperidine rings is 1. The van der Waals surface area contributed by atoms with E-state index in [1.165, 1.54) is 0 Å². The summed E-state index contributed by atoms with van der Waals surface area (Å²) in [5, 5.41) is 14.1. The zero-order valence-corrected chi connectivity index (χ0v) is 16.9. The lowest BCUT2D eigenvalue weighted by atomic mass is 9.93. The number of aliphatic hydroxyl groups is 1. The van der Waals surface area contributed by atoms with Crippen LogP contribution in [0.2, 0.25) is 0 Å². The third-order valence-corrected chi connectivity index (χ3v) is 5.75. The number of hydrogen-bond donors (Lipinski definition) is 2. The average molecular weight is 390 g/mol. The zero-order valence-electron chi connectivity index (χ0n) is 16.9. The summed E-state index contributed by atoms with van der Waals surface area (Å²) in [4.78, 5) is 36.2. The summed E-state index contributed by atoms with van der Waals surface area (Å²) in [6, 6.07) is 0.238. The Hall–Kier alpha value is -2.06. The number of hydrogen-bond acceptors (Lipinski definition) is 6. The van der Waals surface area contributed by atoms with Gasteiger partial charge in [-0.1, -0.05) is 0 Å². The zero-order chi connectivity index (χ0) is 20.1. The van der Waals surface area contributed by atoms with E-state index >= 15 is 0 Å². The number of likely N-dealkylation sites (tertiary alicyclic amines) is 2. The molecule has 0 radical (unpaired) electrons. The maximum Gasteiger partial charge on any atom is 0.256 e. The second kappa shape index (κ2) is 8.96. The molecular weight excluding hydrogens is 358 g/mol. The lowest BCUT2D eigenvalue weighted by Crippen LogP contribution is -2.50. The van der Waals surface area contributed by atoms with Crippen LogP contribution >= 0.6 is 0 Å². The van der Waals surface area contributed by atoms with Gasteiger partial charge in [0.15, 0.2) is 0 Å². The first-order chi connectivity index (χ1) is 13.3. The van der Waals surface area contributed by atoms with Crippen molar-refractivity contribution < 1.29 is 14.7 Å². The highest BCUT2D eigenvalue weighted by molar-refractivity contribution is 5.93. The Bertz CT molecular complexity index is 688. The molecule has 2 saturated heterocycles. The Morgan fingerprint density at radius 1 is 1.18 bits per heavy atom. The van der Waals surface area contributed by atoms with Gasteiger partial charge in [-0.2, -0.15) is 0 Å². The number of β-amino-alcohol motifs (C(OH)–C–C–N with tert-alkyl or cyclic N) is 1. The number of rotatable bonds is 4. The van der Waals surface area contributed by atoms with Crippen LogP contribution in [0.4, 0.5) is 0 Å². The van der Waals surface area contributed by atoms with Crippen molar-refractivity contribution in [1.82, 2.24) is 25.1 Å². The molecule has 154 valence electrons. The fourth-order valence-corrected chi connectivity index (χ4v) is 4.16. The first-order valence-electron chi connectivity index (χ1n) is 10.1. The van der Waals surface area contributed by atoms with E-state index in [2.05, 4.69) is 20.2 Å². The van der Waals surface area contributed by atoms with Crippen LogP contribution < -0.4 is 5.32 Å². The maximum absolute atomic E-state index is 12.7. The predicted octanol–water partition coefficient (Wildman–Crippen LogP) is 0.743. The van der Waals surface area contributed by atoms with Crippen LogP contribution in [-0.4, -0.2) is 81.1 Å². The SMILES string of the molecule is CC(=O)NC1CCN(CC2(O)CCCN(C(=O)c3cnc(C)nc3)CC2)CC1. The van der Waals surface area contributed by atoms with Gasteiger partial charge in [0, 0.05) is 58.1 Å². The van der Waals surface area contributed by atoms with E-state index in [1.54, 1.807) is 31.1 Å². The molecule has 0 saturated carbocycles. The Kier molecular flexibility index (Phi) is 6.61. The van der Waals surface area contributed by atoms with E-state index in [1.807, 2.05) is 0 Å². The molecule has 8 nitrogen and oxygen atoms in total. The quantitative estimate of drug-likeness (QED) is 0.788. The molecule has 1 unspecified atom stereocenters. The molecule has 1 atom stereocenters. The summed E-state index contributed by atoms with van der Waals surface area (Å²) in [5.74, 6) is 0.592. The number of aryl methyl sites for hydroxylation is 1. The number of nitrogens with zero attached hydrogens (tertiary/aromatic N) is 4. The third kappa shape index (κ3) is 5.48. The van der Waals surface area contributed by atoms with Crippen molar-refractivity contribution in [2.24, 2.45) is 0 Å². The normalized spacial score (nSPS) is 24.6. The van der Waals surface area contributed by atoms with E-state index < -0.39 is 5.60 Å². The van der Waals surface area contributed by atoms with E-state index in [0.29, 0.717) is 43.9 Å². The summed E-state index contributed by atoms with van der Waals surface area (Å²) in [6.45, 7) is 6.88. The first-order valence-corrected chi connectivity index (χ1v) is 10.1. The van der Waals surface area contributed by atoms with Crippen LogP contribution in [0.15, 0.2) is 12.4 Å². The van der Waals surface area contributed by atoms with Gasteiger partial charge in [-0.05, 0) is 39.0 Å². The molecule has 0 aromatic carbocycles. The Morgan fingerprint density at radius 3 is 2.50 bits per heavy atom. The fraction of sp³-hybridized carbons (Fsp3) is 0.700. The molecule has 3 heterocycles. The highest BCUT2D eigenvalue weighted by atomic mass is 16.3. The topological polar surface area (TPSA) is 98.7 Å². The molecule has 2 amide bonds. The largest absolute Gasteiger partial charge is 0.388 e. The molecule has 1 aromatic heterocycles. The smallest absolute Gasteiger partial charge is 0.256 e. The average Bonchev–Trinajstić information content (AvgIpc) is 2.85. The summed E-state index contributed by atoms with van der Waals surface area (Å²) in [5.41, 5.74) is -0.282. The fourth-order valence-electron chi connectivity index (χ4n) is 4.16. The van der Waals surface area contributed by atoms with Crippen LogP contribution in [0.3, 0.4) is 0 Å². The number of amides is 2. The first kappa shape index (κ1) is 20.7. The van der Waals surface area contributed by atoms with Gasteiger partial charge < -0.3 is 20.2 Å². The van der Waals surface area contributed by atoms with Crippen LogP contribution in [0, 0.1) is 6.92 Å². The van der Waals surface area contributed by atoms with Crippen LogP contribution in [0.1, 0.15) is 55.2 Å². The van der Waals surface area contributed by atoms with Gasteiger partial charge in [0.05, 0.1) is 11.2 Å². The van der Waals surface area contributed by atoms with E-state index in [0.717, 1.165) is 32.4 Å². The summed E-state index contributed by atoms with van der Waals surface area (Å²) < 4.78 is 0. The molecule has 2 fully saturated rings. The monoisotopic (exact) mass is 389 g/mol. The molecule has 0 aliphatic carbocycles. The number of carbonyl (C=O) groups excluding carboxylic acids is 2. The van der Waals surface area contributed by atoms with Crippen LogP contribution in [-0.2, 0) is 4.79 Å².